The highest BCUT2D eigenvalue weighted by molar-refractivity contribution is 5.94. The van der Waals surface area contributed by atoms with Crippen LogP contribution >= 0.6 is 0 Å². The van der Waals surface area contributed by atoms with E-state index in [1.807, 2.05) is 27.1 Å². The molecule has 0 aromatic carbocycles. The third kappa shape index (κ3) is 3.34. The Hall–Kier alpha value is -2.37. The van der Waals surface area contributed by atoms with Crippen molar-refractivity contribution < 1.29 is 4.79 Å². The highest BCUT2D eigenvalue weighted by Crippen LogP contribution is 2.16. The van der Waals surface area contributed by atoms with Gasteiger partial charge < -0.3 is 11.1 Å². The summed E-state index contributed by atoms with van der Waals surface area (Å²) in [6.45, 7) is 4.46. The Labute approximate surface area is 118 Å². The number of aromatic nitrogens is 3. The molecule has 6 nitrogen and oxygen atoms in total. The van der Waals surface area contributed by atoms with Gasteiger partial charge in [-0.2, -0.15) is 5.10 Å². The number of pyridine rings is 1. The predicted octanol–water partition coefficient (Wildman–Crippen LogP) is 1.45. The zero-order valence-electron chi connectivity index (χ0n) is 11.9. The maximum Gasteiger partial charge on any atom is 0.251 e. The summed E-state index contributed by atoms with van der Waals surface area (Å²) in [4.78, 5) is 16.4. The molecule has 0 radical (unpaired) electrons. The van der Waals surface area contributed by atoms with Crippen LogP contribution in [0.4, 0.5) is 5.82 Å². The van der Waals surface area contributed by atoms with Crippen LogP contribution in [0, 0.1) is 0 Å². The number of aryl methyl sites for hydroxylation is 1. The van der Waals surface area contributed by atoms with Gasteiger partial charge in [-0.1, -0.05) is 13.8 Å². The largest absolute Gasteiger partial charge is 0.384 e. The van der Waals surface area contributed by atoms with Crippen molar-refractivity contribution in [3.63, 3.8) is 0 Å². The summed E-state index contributed by atoms with van der Waals surface area (Å²) in [6.07, 6.45) is 3.58. The number of hydrogen-bond donors (Lipinski definition) is 2. The molecule has 6 heteroatoms. The summed E-state index contributed by atoms with van der Waals surface area (Å²) in [5, 5.41) is 6.90. The van der Waals surface area contributed by atoms with Gasteiger partial charge in [-0.25, -0.2) is 4.98 Å². The predicted molar refractivity (Wildman–Crippen MR) is 77.1 cm³/mol. The van der Waals surface area contributed by atoms with Gasteiger partial charge in [0.05, 0.1) is 6.20 Å². The molecular formula is C14H19N5O. The Bertz CT molecular complexity index is 618. The number of amides is 1. The summed E-state index contributed by atoms with van der Waals surface area (Å²) in [5.41, 5.74) is 8.04. The van der Waals surface area contributed by atoms with Crippen LogP contribution in [0.1, 0.15) is 41.4 Å². The zero-order valence-corrected chi connectivity index (χ0v) is 11.9. The van der Waals surface area contributed by atoms with Gasteiger partial charge in [0.1, 0.15) is 5.82 Å². The van der Waals surface area contributed by atoms with Crippen molar-refractivity contribution >= 4 is 11.7 Å². The van der Waals surface area contributed by atoms with Crippen molar-refractivity contribution in [2.24, 2.45) is 7.05 Å². The summed E-state index contributed by atoms with van der Waals surface area (Å²) in [5.74, 6) is 0.427. The zero-order chi connectivity index (χ0) is 14.7. The summed E-state index contributed by atoms with van der Waals surface area (Å²) in [7, 11) is 1.84. The quantitative estimate of drug-likeness (QED) is 0.882. The molecule has 2 aromatic heterocycles. The molecule has 0 aliphatic carbocycles. The molecule has 0 atom stereocenters. The van der Waals surface area contributed by atoms with E-state index in [2.05, 4.69) is 15.4 Å². The minimum Gasteiger partial charge on any atom is -0.384 e. The molecule has 20 heavy (non-hydrogen) atoms. The lowest BCUT2D eigenvalue weighted by molar-refractivity contribution is 0.0950. The number of anilines is 1. The molecule has 0 bridgehead atoms. The minimum atomic E-state index is -0.162. The molecular weight excluding hydrogens is 254 g/mol. The topological polar surface area (TPSA) is 85.8 Å². The van der Waals surface area contributed by atoms with E-state index in [4.69, 9.17) is 5.73 Å². The highest BCUT2D eigenvalue weighted by Gasteiger charge is 2.11. The lowest BCUT2D eigenvalue weighted by Gasteiger charge is -2.09. The van der Waals surface area contributed by atoms with Gasteiger partial charge in [0, 0.05) is 36.6 Å². The van der Waals surface area contributed by atoms with Gasteiger partial charge in [-0.15, -0.1) is 0 Å². The smallest absolute Gasteiger partial charge is 0.251 e. The Kier molecular flexibility index (Phi) is 4.02. The van der Waals surface area contributed by atoms with Crippen molar-refractivity contribution in [2.75, 3.05) is 5.73 Å². The van der Waals surface area contributed by atoms with Crippen LogP contribution in [0.25, 0.3) is 0 Å². The molecule has 0 unspecified atom stereocenters. The number of carbonyl (C=O) groups excluding carboxylic acids is 1. The second kappa shape index (κ2) is 5.73. The molecule has 3 N–H and O–H groups in total. The van der Waals surface area contributed by atoms with Crippen molar-refractivity contribution in [2.45, 2.75) is 26.3 Å². The molecule has 0 spiro atoms. The molecule has 0 saturated heterocycles. The molecule has 0 aliphatic rings. The Morgan fingerprint density at radius 1 is 1.45 bits per heavy atom. The second-order valence-corrected chi connectivity index (χ2v) is 5.07. The third-order valence-electron chi connectivity index (χ3n) is 2.93. The molecule has 1 amide bonds. The van der Waals surface area contributed by atoms with Crippen molar-refractivity contribution in [3.05, 3.63) is 41.3 Å². The van der Waals surface area contributed by atoms with E-state index in [0.717, 1.165) is 11.3 Å². The Balaban J connectivity index is 2.09. The first-order valence-corrected chi connectivity index (χ1v) is 6.49. The number of rotatable bonds is 4. The fourth-order valence-corrected chi connectivity index (χ4v) is 1.85. The van der Waals surface area contributed by atoms with E-state index in [1.54, 1.807) is 23.0 Å². The normalized spacial score (nSPS) is 10.8. The van der Waals surface area contributed by atoms with E-state index in [-0.39, 0.29) is 11.8 Å². The van der Waals surface area contributed by atoms with Gasteiger partial charge >= 0.3 is 0 Å². The van der Waals surface area contributed by atoms with E-state index in [1.165, 1.54) is 0 Å². The number of hydrogen-bond acceptors (Lipinski definition) is 4. The van der Waals surface area contributed by atoms with Gasteiger partial charge in [-0.3, -0.25) is 9.48 Å². The average Bonchev–Trinajstić information content (AvgIpc) is 2.81. The molecule has 2 heterocycles. The molecule has 106 valence electrons. The summed E-state index contributed by atoms with van der Waals surface area (Å²) < 4.78 is 1.70. The fourth-order valence-electron chi connectivity index (χ4n) is 1.85. The first kappa shape index (κ1) is 14.0. The number of nitrogens with zero attached hydrogens (tertiary/aromatic N) is 3. The lowest BCUT2D eigenvalue weighted by atomic mass is 10.1. The Morgan fingerprint density at radius 2 is 2.20 bits per heavy atom. The molecule has 2 aromatic rings. The van der Waals surface area contributed by atoms with Crippen LogP contribution in [0.2, 0.25) is 0 Å². The van der Waals surface area contributed by atoms with Crippen LogP contribution < -0.4 is 11.1 Å². The highest BCUT2D eigenvalue weighted by atomic mass is 16.1. The van der Waals surface area contributed by atoms with Crippen LogP contribution in [-0.4, -0.2) is 20.7 Å². The van der Waals surface area contributed by atoms with Crippen LogP contribution in [0.3, 0.4) is 0 Å². The molecule has 0 aliphatic heterocycles. The first-order chi connectivity index (χ1) is 9.45. The summed E-state index contributed by atoms with van der Waals surface area (Å²) in [6, 6.07) is 3.37. The maximum atomic E-state index is 12.1. The number of carbonyl (C=O) groups is 1. The second-order valence-electron chi connectivity index (χ2n) is 5.07. The molecule has 0 fully saturated rings. The van der Waals surface area contributed by atoms with Gasteiger partial charge in [0.2, 0.25) is 0 Å². The maximum absolute atomic E-state index is 12.1. The van der Waals surface area contributed by atoms with Crippen molar-refractivity contribution in [3.8, 4) is 0 Å². The summed E-state index contributed by atoms with van der Waals surface area (Å²) >= 11 is 0. The number of nitrogens with two attached hydrogens (primary N) is 1. The SMILES string of the molecule is CC(C)c1cc(C(=O)NCc2cnn(C)c2)cc(N)n1. The van der Waals surface area contributed by atoms with Crippen LogP contribution in [-0.2, 0) is 13.6 Å². The number of nitrogen functional groups attached to an aromatic ring is 1. The third-order valence-corrected chi connectivity index (χ3v) is 2.93. The average molecular weight is 273 g/mol. The van der Waals surface area contributed by atoms with Gasteiger partial charge in [0.25, 0.3) is 5.91 Å². The molecule has 0 saturated carbocycles. The minimum absolute atomic E-state index is 0.162. The standard InChI is InChI=1S/C14H19N5O/c1-9(2)12-4-11(5-13(15)18-12)14(20)16-6-10-7-17-19(3)8-10/h4-5,7-9H,6H2,1-3H3,(H2,15,18)(H,16,20). The van der Waals surface area contributed by atoms with Crippen molar-refractivity contribution in [1.82, 2.24) is 20.1 Å². The Morgan fingerprint density at radius 3 is 2.80 bits per heavy atom. The van der Waals surface area contributed by atoms with E-state index in [9.17, 15) is 4.79 Å². The van der Waals surface area contributed by atoms with E-state index >= 15 is 0 Å². The van der Waals surface area contributed by atoms with Crippen molar-refractivity contribution in [1.29, 1.82) is 0 Å². The van der Waals surface area contributed by atoms with Crippen LogP contribution in [0.5, 0.6) is 0 Å². The van der Waals surface area contributed by atoms with E-state index < -0.39 is 0 Å². The van der Waals surface area contributed by atoms with E-state index in [0.29, 0.717) is 17.9 Å². The van der Waals surface area contributed by atoms with Gasteiger partial charge in [0.15, 0.2) is 0 Å². The molecule has 2 rings (SSSR count). The van der Waals surface area contributed by atoms with Gasteiger partial charge in [-0.05, 0) is 18.1 Å². The lowest BCUT2D eigenvalue weighted by Crippen LogP contribution is -2.23. The van der Waals surface area contributed by atoms with Crippen LogP contribution in [0.15, 0.2) is 24.5 Å². The number of nitrogens with one attached hydrogen (secondary N) is 1. The monoisotopic (exact) mass is 273 g/mol. The first-order valence-electron chi connectivity index (χ1n) is 6.49. The fraction of sp³-hybridized carbons (Fsp3) is 0.357.